The van der Waals surface area contributed by atoms with Crippen LogP contribution in [0.15, 0.2) is 55.2 Å². The molecule has 1 aliphatic rings. The van der Waals surface area contributed by atoms with Crippen LogP contribution in [0.3, 0.4) is 0 Å². The van der Waals surface area contributed by atoms with Crippen LogP contribution in [0.25, 0.3) is 5.82 Å². The van der Waals surface area contributed by atoms with Gasteiger partial charge in [0.25, 0.3) is 5.91 Å². The first-order valence-electron chi connectivity index (χ1n) is 8.02. The van der Waals surface area contributed by atoms with Crippen LogP contribution >= 0.6 is 0 Å². The predicted octanol–water partition coefficient (Wildman–Crippen LogP) is 1.67. The highest BCUT2D eigenvalue weighted by molar-refractivity contribution is 5.94. The summed E-state index contributed by atoms with van der Waals surface area (Å²) in [4.78, 5) is 16.6. The number of pyridine rings is 1. The van der Waals surface area contributed by atoms with Crippen molar-refractivity contribution in [3.05, 3.63) is 60.8 Å². The summed E-state index contributed by atoms with van der Waals surface area (Å²) in [6.07, 6.45) is 10.9. The van der Waals surface area contributed by atoms with Crippen molar-refractivity contribution >= 4 is 5.91 Å². The lowest BCUT2D eigenvalue weighted by molar-refractivity contribution is 0.0879. The number of hydrogen-bond acceptors (Lipinski definition) is 4. The van der Waals surface area contributed by atoms with Gasteiger partial charge in [-0.1, -0.05) is 0 Å². The molecule has 0 aromatic carbocycles. The minimum atomic E-state index is -0.0617. The van der Waals surface area contributed by atoms with Gasteiger partial charge in [-0.05, 0) is 43.0 Å². The first-order chi connectivity index (χ1) is 11.8. The quantitative estimate of drug-likeness (QED) is 0.775. The van der Waals surface area contributed by atoms with E-state index in [4.69, 9.17) is 0 Å². The number of rotatable bonds is 5. The SMILES string of the molecule is O=C(NC1CC(Cn2cccn2)C1)c1ccnc(-n2cccn2)c1. The van der Waals surface area contributed by atoms with Crippen molar-refractivity contribution < 1.29 is 4.79 Å². The molecule has 1 saturated carbocycles. The highest BCUT2D eigenvalue weighted by atomic mass is 16.1. The van der Waals surface area contributed by atoms with E-state index in [1.165, 1.54) is 0 Å². The number of carbonyl (C=O) groups excluding carboxylic acids is 1. The van der Waals surface area contributed by atoms with Crippen molar-refractivity contribution in [2.75, 3.05) is 0 Å². The van der Waals surface area contributed by atoms with Gasteiger partial charge in [0.1, 0.15) is 0 Å². The Kier molecular flexibility index (Phi) is 3.82. The van der Waals surface area contributed by atoms with Gasteiger partial charge in [-0.2, -0.15) is 10.2 Å². The van der Waals surface area contributed by atoms with Gasteiger partial charge < -0.3 is 5.32 Å². The van der Waals surface area contributed by atoms with Crippen molar-refractivity contribution in [1.82, 2.24) is 29.9 Å². The Morgan fingerprint density at radius 1 is 1.17 bits per heavy atom. The second kappa shape index (κ2) is 6.27. The predicted molar refractivity (Wildman–Crippen MR) is 87.6 cm³/mol. The number of amides is 1. The zero-order valence-electron chi connectivity index (χ0n) is 13.1. The third kappa shape index (κ3) is 3.05. The molecule has 0 spiro atoms. The summed E-state index contributed by atoms with van der Waals surface area (Å²) >= 11 is 0. The average Bonchev–Trinajstić information content (AvgIpc) is 3.26. The van der Waals surface area contributed by atoms with Gasteiger partial charge in [-0.25, -0.2) is 9.67 Å². The Hall–Kier alpha value is -2.96. The third-order valence-electron chi connectivity index (χ3n) is 4.32. The fourth-order valence-electron chi connectivity index (χ4n) is 3.03. The van der Waals surface area contributed by atoms with E-state index < -0.39 is 0 Å². The molecule has 122 valence electrons. The van der Waals surface area contributed by atoms with Gasteiger partial charge in [-0.15, -0.1) is 0 Å². The minimum absolute atomic E-state index is 0.0617. The molecular formula is C17H18N6O. The van der Waals surface area contributed by atoms with Crippen LogP contribution in [0.2, 0.25) is 0 Å². The Morgan fingerprint density at radius 3 is 2.75 bits per heavy atom. The van der Waals surface area contributed by atoms with Crippen LogP contribution in [0, 0.1) is 5.92 Å². The van der Waals surface area contributed by atoms with Crippen molar-refractivity contribution in [3.63, 3.8) is 0 Å². The molecule has 0 saturated heterocycles. The van der Waals surface area contributed by atoms with Crippen LogP contribution in [-0.4, -0.2) is 36.5 Å². The maximum absolute atomic E-state index is 12.4. The molecule has 1 N–H and O–H groups in total. The summed E-state index contributed by atoms with van der Waals surface area (Å²) in [7, 11) is 0. The lowest BCUT2D eigenvalue weighted by atomic mass is 9.80. The summed E-state index contributed by atoms with van der Waals surface area (Å²) < 4.78 is 3.59. The molecule has 24 heavy (non-hydrogen) atoms. The van der Waals surface area contributed by atoms with Gasteiger partial charge in [-0.3, -0.25) is 9.48 Å². The first kappa shape index (κ1) is 14.6. The molecule has 1 fully saturated rings. The topological polar surface area (TPSA) is 77.6 Å². The molecule has 4 rings (SSSR count). The largest absolute Gasteiger partial charge is 0.349 e. The van der Waals surface area contributed by atoms with Crippen molar-refractivity contribution in [3.8, 4) is 5.82 Å². The first-order valence-corrected chi connectivity index (χ1v) is 8.02. The molecule has 7 nitrogen and oxygen atoms in total. The monoisotopic (exact) mass is 322 g/mol. The Bertz CT molecular complexity index is 805. The fraction of sp³-hybridized carbons (Fsp3) is 0.294. The average molecular weight is 322 g/mol. The van der Waals surface area contributed by atoms with Crippen LogP contribution in [-0.2, 0) is 6.54 Å². The fourth-order valence-corrected chi connectivity index (χ4v) is 3.03. The number of nitrogens with zero attached hydrogens (tertiary/aromatic N) is 5. The summed E-state index contributed by atoms with van der Waals surface area (Å²) in [5, 5.41) is 11.4. The lowest BCUT2D eigenvalue weighted by Crippen LogP contribution is -2.45. The van der Waals surface area contributed by atoms with Crippen molar-refractivity contribution in [2.45, 2.75) is 25.4 Å². The molecule has 0 unspecified atom stereocenters. The van der Waals surface area contributed by atoms with Crippen LogP contribution in [0.4, 0.5) is 0 Å². The minimum Gasteiger partial charge on any atom is -0.349 e. The molecule has 3 aromatic heterocycles. The van der Waals surface area contributed by atoms with Crippen molar-refractivity contribution in [1.29, 1.82) is 0 Å². The van der Waals surface area contributed by atoms with Crippen LogP contribution in [0.1, 0.15) is 23.2 Å². The van der Waals surface area contributed by atoms with E-state index in [0.29, 0.717) is 17.3 Å². The zero-order chi connectivity index (χ0) is 16.4. The van der Waals surface area contributed by atoms with Crippen LogP contribution in [0.5, 0.6) is 0 Å². The van der Waals surface area contributed by atoms with Gasteiger partial charge >= 0.3 is 0 Å². The molecule has 0 atom stereocenters. The second-order valence-electron chi connectivity index (χ2n) is 6.09. The third-order valence-corrected chi connectivity index (χ3v) is 4.32. The highest BCUT2D eigenvalue weighted by Crippen LogP contribution is 2.29. The van der Waals surface area contributed by atoms with Gasteiger partial charge in [0.15, 0.2) is 5.82 Å². The number of aromatic nitrogens is 5. The molecule has 0 aliphatic heterocycles. The molecule has 3 aromatic rings. The Labute approximate surface area is 139 Å². The van der Waals surface area contributed by atoms with E-state index in [-0.39, 0.29) is 11.9 Å². The molecule has 0 bridgehead atoms. The molecule has 3 heterocycles. The standard InChI is InChI=1S/C17H18N6O/c24-17(14-3-6-18-16(11-14)23-8-2-5-20-23)21-15-9-13(10-15)12-22-7-1-4-19-22/h1-8,11,13,15H,9-10,12H2,(H,21,24). The summed E-state index contributed by atoms with van der Waals surface area (Å²) in [6, 6.07) is 7.46. The van der Waals surface area contributed by atoms with Gasteiger partial charge in [0.05, 0.1) is 0 Å². The van der Waals surface area contributed by atoms with E-state index in [9.17, 15) is 4.79 Å². The maximum Gasteiger partial charge on any atom is 0.251 e. The smallest absolute Gasteiger partial charge is 0.251 e. The summed E-state index contributed by atoms with van der Waals surface area (Å²) in [5.74, 6) is 1.15. The summed E-state index contributed by atoms with van der Waals surface area (Å²) in [6.45, 7) is 0.915. The molecule has 1 aliphatic carbocycles. The normalized spacial score (nSPS) is 19.7. The van der Waals surface area contributed by atoms with Crippen molar-refractivity contribution in [2.24, 2.45) is 5.92 Å². The number of nitrogens with one attached hydrogen (secondary N) is 1. The molecular weight excluding hydrogens is 304 g/mol. The lowest BCUT2D eigenvalue weighted by Gasteiger charge is -2.35. The molecule has 7 heteroatoms. The Morgan fingerprint density at radius 2 is 2.00 bits per heavy atom. The zero-order valence-corrected chi connectivity index (χ0v) is 13.1. The van der Waals surface area contributed by atoms with E-state index in [1.54, 1.807) is 41.6 Å². The number of hydrogen-bond donors (Lipinski definition) is 1. The molecule has 1 amide bonds. The second-order valence-corrected chi connectivity index (χ2v) is 6.09. The highest BCUT2D eigenvalue weighted by Gasteiger charge is 2.30. The van der Waals surface area contributed by atoms with E-state index in [1.807, 2.05) is 23.0 Å². The van der Waals surface area contributed by atoms with Gasteiger partial charge in [0.2, 0.25) is 0 Å². The van der Waals surface area contributed by atoms with Gasteiger partial charge in [0, 0.05) is 49.1 Å². The molecule has 0 radical (unpaired) electrons. The van der Waals surface area contributed by atoms with E-state index in [0.717, 1.165) is 19.4 Å². The Balaban J connectivity index is 1.33. The van der Waals surface area contributed by atoms with E-state index in [2.05, 4.69) is 20.5 Å². The maximum atomic E-state index is 12.4. The summed E-state index contributed by atoms with van der Waals surface area (Å²) in [5.41, 5.74) is 0.603. The number of carbonyl (C=O) groups is 1. The van der Waals surface area contributed by atoms with Crippen LogP contribution < -0.4 is 5.32 Å². The van der Waals surface area contributed by atoms with E-state index >= 15 is 0 Å².